The van der Waals surface area contributed by atoms with Gasteiger partial charge in [-0.25, -0.2) is 0 Å². The first-order valence-electron chi connectivity index (χ1n) is 7.33. The Kier molecular flexibility index (Phi) is 6.17. The Hall–Kier alpha value is -2.38. The Morgan fingerprint density at radius 3 is 2.44 bits per heavy atom. The summed E-state index contributed by atoms with van der Waals surface area (Å²) < 4.78 is 0.505. The number of halogens is 1. The van der Waals surface area contributed by atoms with E-state index in [-0.39, 0.29) is 38.0 Å². The molecule has 0 radical (unpaired) electrons. The van der Waals surface area contributed by atoms with Gasteiger partial charge in [0.25, 0.3) is 0 Å². The van der Waals surface area contributed by atoms with E-state index in [0.717, 1.165) is 0 Å². The van der Waals surface area contributed by atoms with Crippen molar-refractivity contribution < 1.29 is 15.3 Å². The van der Waals surface area contributed by atoms with Crippen LogP contribution in [0.3, 0.4) is 0 Å². The van der Waals surface area contributed by atoms with Crippen molar-refractivity contribution >= 4 is 21.9 Å². The molecule has 0 aliphatic heterocycles. The Labute approximate surface area is 152 Å². The number of rotatable bonds is 6. The number of benzene rings is 1. The molecule has 0 fully saturated rings. The quantitative estimate of drug-likeness (QED) is 0.276. The first-order valence-corrected chi connectivity index (χ1v) is 8.12. The number of aromatic nitrogens is 1. The molecule has 0 atom stereocenters. The first-order chi connectivity index (χ1) is 12.0. The number of nitrogens with one attached hydrogen (secondary N) is 3. The van der Waals surface area contributed by atoms with Crippen LogP contribution in [0.1, 0.15) is 28.1 Å². The predicted molar refractivity (Wildman–Crippen MR) is 95.2 cm³/mol. The third-order valence-electron chi connectivity index (χ3n) is 3.87. The van der Waals surface area contributed by atoms with Crippen LogP contribution < -0.4 is 11.1 Å². The van der Waals surface area contributed by atoms with Gasteiger partial charge in [-0.3, -0.25) is 5.41 Å². The molecular formula is C16H18BrN5O3. The highest BCUT2D eigenvalue weighted by molar-refractivity contribution is 9.10. The Morgan fingerprint density at radius 2 is 1.92 bits per heavy atom. The molecule has 25 heavy (non-hydrogen) atoms. The van der Waals surface area contributed by atoms with Crippen LogP contribution in [0.15, 0.2) is 16.6 Å². The fourth-order valence-corrected chi connectivity index (χ4v) is 3.34. The second kappa shape index (κ2) is 8.13. The van der Waals surface area contributed by atoms with Crippen LogP contribution in [-0.4, -0.2) is 26.3 Å². The molecule has 1 aromatic carbocycles. The van der Waals surface area contributed by atoms with E-state index in [1.807, 2.05) is 6.07 Å². The van der Waals surface area contributed by atoms with E-state index in [4.69, 9.17) is 11.1 Å². The molecule has 8 nitrogen and oxygen atoms in total. The second-order valence-electron chi connectivity index (χ2n) is 5.25. The summed E-state index contributed by atoms with van der Waals surface area (Å²) in [4.78, 5) is 2.95. The lowest BCUT2D eigenvalue weighted by Gasteiger charge is -2.16. The molecule has 0 saturated carbocycles. The van der Waals surface area contributed by atoms with Crippen LogP contribution in [0.25, 0.3) is 11.1 Å². The van der Waals surface area contributed by atoms with Gasteiger partial charge >= 0.3 is 0 Å². The van der Waals surface area contributed by atoms with Gasteiger partial charge < -0.3 is 31.4 Å². The third kappa shape index (κ3) is 3.67. The summed E-state index contributed by atoms with van der Waals surface area (Å²) in [6.07, 6.45) is 0. The summed E-state index contributed by atoms with van der Waals surface area (Å²) in [6, 6.07) is 5.41. The average Bonchev–Trinajstić information content (AvgIpc) is 2.93. The maximum atomic E-state index is 9.82. The lowest BCUT2D eigenvalue weighted by molar-refractivity contribution is 0.248. The zero-order valence-corrected chi connectivity index (χ0v) is 14.8. The van der Waals surface area contributed by atoms with Crippen molar-refractivity contribution in [2.24, 2.45) is 5.73 Å². The molecule has 2 rings (SSSR count). The van der Waals surface area contributed by atoms with Crippen molar-refractivity contribution in [1.29, 1.82) is 10.7 Å². The van der Waals surface area contributed by atoms with Crippen molar-refractivity contribution in [3.63, 3.8) is 0 Å². The van der Waals surface area contributed by atoms with Crippen molar-refractivity contribution in [2.75, 3.05) is 0 Å². The van der Waals surface area contributed by atoms with E-state index in [0.29, 0.717) is 38.0 Å². The van der Waals surface area contributed by atoms with E-state index in [2.05, 4.69) is 26.2 Å². The highest BCUT2D eigenvalue weighted by atomic mass is 79.9. The van der Waals surface area contributed by atoms with Crippen LogP contribution in [0.5, 0.6) is 0 Å². The van der Waals surface area contributed by atoms with Gasteiger partial charge in [-0.2, -0.15) is 5.26 Å². The normalized spacial score (nSPS) is 10.5. The topological polar surface area (TPSA) is 162 Å². The van der Waals surface area contributed by atoms with Crippen LogP contribution in [-0.2, 0) is 26.4 Å². The van der Waals surface area contributed by atoms with Gasteiger partial charge in [-0.15, -0.1) is 0 Å². The molecular weight excluding hydrogens is 390 g/mol. The van der Waals surface area contributed by atoms with Gasteiger partial charge in [-0.1, -0.05) is 12.1 Å². The van der Waals surface area contributed by atoms with Crippen molar-refractivity contribution in [1.82, 2.24) is 10.3 Å². The summed E-state index contributed by atoms with van der Waals surface area (Å²) in [7, 11) is 0. The number of aliphatic hydroxyl groups excluding tert-OH is 3. The SMILES string of the molecule is N#Cc1[nH]c(CNC(=N)N)c(-c2ccc(CO)c(CO)c2CO)c1Br. The number of nitrogens with two attached hydrogens (primary N) is 1. The van der Waals surface area contributed by atoms with Crippen molar-refractivity contribution in [2.45, 2.75) is 26.4 Å². The molecule has 1 aromatic heterocycles. The van der Waals surface area contributed by atoms with Gasteiger partial charge in [0, 0.05) is 11.3 Å². The molecule has 0 bridgehead atoms. The molecule has 0 amide bonds. The Balaban J connectivity index is 2.71. The maximum Gasteiger partial charge on any atom is 0.186 e. The van der Waals surface area contributed by atoms with Crippen LogP contribution in [0, 0.1) is 16.7 Å². The molecule has 1 heterocycles. The third-order valence-corrected chi connectivity index (χ3v) is 4.66. The van der Waals surface area contributed by atoms with Gasteiger partial charge in [0.2, 0.25) is 0 Å². The smallest absolute Gasteiger partial charge is 0.186 e. The molecule has 9 heteroatoms. The van der Waals surface area contributed by atoms with Gasteiger partial charge in [0.1, 0.15) is 11.8 Å². The molecule has 0 unspecified atom stereocenters. The number of aliphatic hydroxyl groups is 3. The van der Waals surface area contributed by atoms with E-state index in [9.17, 15) is 20.6 Å². The minimum absolute atomic E-state index is 0.173. The van der Waals surface area contributed by atoms with E-state index in [1.165, 1.54) is 0 Å². The summed E-state index contributed by atoms with van der Waals surface area (Å²) in [6.45, 7) is -0.780. The lowest BCUT2D eigenvalue weighted by Crippen LogP contribution is -2.29. The zero-order chi connectivity index (χ0) is 18.6. The van der Waals surface area contributed by atoms with E-state index >= 15 is 0 Å². The fourth-order valence-electron chi connectivity index (χ4n) is 2.70. The number of guanidine groups is 1. The number of nitriles is 1. The molecule has 132 valence electrons. The van der Waals surface area contributed by atoms with Gasteiger partial charge in [0.05, 0.1) is 30.8 Å². The second-order valence-corrected chi connectivity index (χ2v) is 6.04. The largest absolute Gasteiger partial charge is 0.392 e. The van der Waals surface area contributed by atoms with E-state index in [1.54, 1.807) is 12.1 Å². The molecule has 2 aromatic rings. The minimum Gasteiger partial charge on any atom is -0.392 e. The summed E-state index contributed by atoms with van der Waals surface area (Å²) >= 11 is 3.39. The van der Waals surface area contributed by atoms with Crippen molar-refractivity contribution in [3.8, 4) is 17.2 Å². The number of nitrogens with zero attached hydrogens (tertiary/aromatic N) is 1. The minimum atomic E-state index is -0.349. The monoisotopic (exact) mass is 407 g/mol. The first kappa shape index (κ1) is 19.0. The van der Waals surface area contributed by atoms with Gasteiger partial charge in [0.15, 0.2) is 5.96 Å². The fraction of sp³-hybridized carbons (Fsp3) is 0.250. The van der Waals surface area contributed by atoms with Gasteiger partial charge in [-0.05, 0) is 38.2 Å². The standard InChI is InChI=1S/C16H18BrN5O3/c17-15-12(3-18)22-13(4-21-16(19)20)14(15)9-2-1-8(5-23)10(6-24)11(9)7-25/h1-2,22-25H,4-7H2,(H4,19,20,21). The summed E-state index contributed by atoms with van der Waals surface area (Å²) in [5.41, 5.74) is 8.85. The molecule has 0 saturated heterocycles. The number of hydrogen-bond donors (Lipinski definition) is 7. The zero-order valence-electron chi connectivity index (χ0n) is 13.2. The average molecular weight is 408 g/mol. The summed E-state index contributed by atoms with van der Waals surface area (Å²) in [5, 5.41) is 48.1. The molecule has 0 aliphatic carbocycles. The summed E-state index contributed by atoms with van der Waals surface area (Å²) in [5.74, 6) is -0.218. The number of hydrogen-bond acceptors (Lipinski definition) is 5. The highest BCUT2D eigenvalue weighted by Crippen LogP contribution is 2.38. The van der Waals surface area contributed by atoms with Crippen LogP contribution >= 0.6 is 15.9 Å². The Bertz CT molecular complexity index is 841. The maximum absolute atomic E-state index is 9.82. The van der Waals surface area contributed by atoms with Crippen molar-refractivity contribution in [3.05, 3.63) is 44.7 Å². The van der Waals surface area contributed by atoms with Crippen LogP contribution in [0.2, 0.25) is 0 Å². The molecule has 0 aliphatic rings. The van der Waals surface area contributed by atoms with Crippen LogP contribution in [0.4, 0.5) is 0 Å². The molecule has 8 N–H and O–H groups in total. The number of H-pyrrole nitrogens is 1. The Morgan fingerprint density at radius 1 is 1.24 bits per heavy atom. The highest BCUT2D eigenvalue weighted by Gasteiger charge is 2.22. The lowest BCUT2D eigenvalue weighted by atomic mass is 9.92. The van der Waals surface area contributed by atoms with E-state index < -0.39 is 0 Å². The number of aromatic amines is 1. The predicted octanol–water partition coefficient (Wildman–Crippen LogP) is 0.776. The molecule has 0 spiro atoms.